The minimum absolute atomic E-state index is 0.0446. The molecule has 7 nitrogen and oxygen atoms in total. The van der Waals surface area contributed by atoms with Gasteiger partial charge in [0, 0.05) is 42.3 Å². The molecule has 3 aliphatic heterocycles. The quantitative estimate of drug-likeness (QED) is 0.306. The maximum Gasteiger partial charge on any atom is 0.237 e. The molecule has 0 radical (unpaired) electrons. The fourth-order valence-electron chi connectivity index (χ4n) is 7.32. The fourth-order valence-corrected chi connectivity index (χ4v) is 7.67. The molecule has 3 heterocycles. The van der Waals surface area contributed by atoms with Gasteiger partial charge in [-0.2, -0.15) is 0 Å². The summed E-state index contributed by atoms with van der Waals surface area (Å²) in [4.78, 5) is 30.6. The molecule has 2 fully saturated rings. The van der Waals surface area contributed by atoms with Gasteiger partial charge in [-0.3, -0.25) is 14.5 Å². The molecule has 0 aromatic heterocycles. The van der Waals surface area contributed by atoms with E-state index in [0.29, 0.717) is 29.2 Å². The predicted octanol–water partition coefficient (Wildman–Crippen LogP) is 5.50. The summed E-state index contributed by atoms with van der Waals surface area (Å²) in [5.74, 6) is -1.98. The number of carbonyl (C=O) groups is 2. The van der Waals surface area contributed by atoms with E-state index in [9.17, 15) is 9.59 Å². The van der Waals surface area contributed by atoms with E-state index in [4.69, 9.17) is 27.9 Å². The fraction of sp³-hybridized carbons (Fsp3) is 0.562. The van der Waals surface area contributed by atoms with Gasteiger partial charge in [0.1, 0.15) is 11.2 Å². The van der Waals surface area contributed by atoms with Gasteiger partial charge in [-0.1, -0.05) is 68.6 Å². The van der Waals surface area contributed by atoms with Gasteiger partial charge < -0.3 is 20.7 Å². The Labute approximate surface area is 257 Å². The molecule has 2 aromatic rings. The number of morpholine rings is 1. The summed E-state index contributed by atoms with van der Waals surface area (Å²) in [7, 11) is 0. The molecular formula is C32H41Cl2FN4O3. The average molecular weight is 620 g/mol. The molecule has 0 saturated carbocycles. The summed E-state index contributed by atoms with van der Waals surface area (Å²) in [6, 6.07) is 8.81. The first kappa shape index (κ1) is 31.2. The van der Waals surface area contributed by atoms with E-state index in [0.717, 1.165) is 52.1 Å². The molecular weight excluding hydrogens is 578 g/mol. The van der Waals surface area contributed by atoms with Crippen LogP contribution < -0.4 is 16.0 Å². The molecule has 5 rings (SSSR count). The molecule has 0 aliphatic carbocycles. The van der Waals surface area contributed by atoms with Gasteiger partial charge in [0.05, 0.1) is 24.3 Å². The first-order valence-electron chi connectivity index (χ1n) is 15.0. The van der Waals surface area contributed by atoms with E-state index in [-0.39, 0.29) is 27.8 Å². The van der Waals surface area contributed by atoms with Crippen molar-refractivity contribution >= 4 is 40.7 Å². The van der Waals surface area contributed by atoms with Crippen molar-refractivity contribution in [3.05, 3.63) is 63.4 Å². The number of ether oxygens (including phenoxy) is 1. The largest absolute Gasteiger partial charge is 0.379 e. The number of hydrogen-bond donors (Lipinski definition) is 3. The van der Waals surface area contributed by atoms with Crippen LogP contribution in [0.5, 0.6) is 0 Å². The van der Waals surface area contributed by atoms with Crippen LogP contribution in [-0.4, -0.2) is 68.2 Å². The number of amides is 2. The SMILES string of the molecule is CCCC(C)(C)C[C@H]1N[C@@H](C(=O)NCCCN2CCOCC2)[C@H](c2cccc(Cl)c2F)[C@@]12C(=O)Nc1cc(Cl)ccc12. The van der Waals surface area contributed by atoms with Crippen LogP contribution in [-0.2, 0) is 19.7 Å². The lowest BCUT2D eigenvalue weighted by Crippen LogP contribution is -2.50. The van der Waals surface area contributed by atoms with Gasteiger partial charge in [-0.05, 0) is 60.5 Å². The van der Waals surface area contributed by atoms with Crippen molar-refractivity contribution < 1.29 is 18.7 Å². The van der Waals surface area contributed by atoms with Crippen LogP contribution in [0.3, 0.4) is 0 Å². The third-order valence-electron chi connectivity index (χ3n) is 9.14. The second-order valence-corrected chi connectivity index (χ2v) is 13.4. The van der Waals surface area contributed by atoms with Crippen molar-refractivity contribution in [1.82, 2.24) is 15.5 Å². The normalized spacial score (nSPS) is 26.0. The second kappa shape index (κ2) is 12.8. The van der Waals surface area contributed by atoms with Crippen LogP contribution in [0, 0.1) is 11.2 Å². The Bertz CT molecular complexity index is 1320. The molecule has 228 valence electrons. The van der Waals surface area contributed by atoms with E-state index >= 15 is 4.39 Å². The van der Waals surface area contributed by atoms with Crippen molar-refractivity contribution in [2.75, 3.05) is 44.7 Å². The molecule has 0 bridgehead atoms. The van der Waals surface area contributed by atoms with Crippen LogP contribution >= 0.6 is 23.2 Å². The lowest BCUT2D eigenvalue weighted by Gasteiger charge is -2.38. The highest BCUT2D eigenvalue weighted by molar-refractivity contribution is 6.31. The minimum Gasteiger partial charge on any atom is -0.379 e. The number of anilines is 1. The van der Waals surface area contributed by atoms with E-state index < -0.39 is 29.2 Å². The first-order chi connectivity index (χ1) is 20.1. The summed E-state index contributed by atoms with van der Waals surface area (Å²) in [5, 5.41) is 10.1. The van der Waals surface area contributed by atoms with Gasteiger partial charge in [-0.15, -0.1) is 0 Å². The zero-order valence-electron chi connectivity index (χ0n) is 24.6. The van der Waals surface area contributed by atoms with Gasteiger partial charge in [-0.25, -0.2) is 4.39 Å². The summed E-state index contributed by atoms with van der Waals surface area (Å²) in [5.41, 5.74) is 0.153. The summed E-state index contributed by atoms with van der Waals surface area (Å²) < 4.78 is 21.4. The predicted molar refractivity (Wildman–Crippen MR) is 165 cm³/mol. The van der Waals surface area contributed by atoms with E-state index in [1.54, 1.807) is 24.3 Å². The topological polar surface area (TPSA) is 82.7 Å². The lowest BCUT2D eigenvalue weighted by atomic mass is 9.62. The molecule has 42 heavy (non-hydrogen) atoms. The Morgan fingerprint density at radius 1 is 1.21 bits per heavy atom. The number of nitrogens with zero attached hydrogens (tertiary/aromatic N) is 1. The monoisotopic (exact) mass is 618 g/mol. The lowest BCUT2D eigenvalue weighted by molar-refractivity contribution is -0.123. The average Bonchev–Trinajstić information content (AvgIpc) is 3.42. The maximum atomic E-state index is 15.9. The Balaban J connectivity index is 1.55. The Morgan fingerprint density at radius 3 is 2.71 bits per heavy atom. The van der Waals surface area contributed by atoms with Crippen molar-refractivity contribution in [1.29, 1.82) is 0 Å². The van der Waals surface area contributed by atoms with Crippen molar-refractivity contribution in [2.45, 2.75) is 69.9 Å². The molecule has 1 spiro atoms. The van der Waals surface area contributed by atoms with Gasteiger partial charge in [0.15, 0.2) is 0 Å². The molecule has 2 amide bonds. The summed E-state index contributed by atoms with van der Waals surface area (Å²) in [6.07, 6.45) is 3.29. The third-order valence-corrected chi connectivity index (χ3v) is 9.67. The zero-order chi connectivity index (χ0) is 30.1. The number of carbonyl (C=O) groups excluding carboxylic acids is 2. The number of benzene rings is 2. The number of hydrogen-bond acceptors (Lipinski definition) is 5. The van der Waals surface area contributed by atoms with Crippen LogP contribution in [0.2, 0.25) is 10.0 Å². The van der Waals surface area contributed by atoms with Crippen LogP contribution in [0.4, 0.5) is 10.1 Å². The standard InChI is InChI=1S/C32H41Cl2FN4O3/c1-4-11-31(2,3)19-25-32(22-10-9-20(33)18-24(22)37-30(32)41)26(21-7-5-8-23(34)27(21)35)28(38-25)29(40)36-12-6-13-39-14-16-42-17-15-39/h5,7-10,18,25-26,28,38H,4,6,11-17,19H2,1-3H3,(H,36,40)(H,37,41)/t25-,26+,28-,32+/m1/s1. The molecule has 10 heteroatoms. The number of nitrogens with one attached hydrogen (secondary N) is 3. The van der Waals surface area contributed by atoms with Crippen LogP contribution in [0.1, 0.15) is 63.5 Å². The van der Waals surface area contributed by atoms with Crippen LogP contribution in [0.15, 0.2) is 36.4 Å². The summed E-state index contributed by atoms with van der Waals surface area (Å²) in [6.45, 7) is 11.0. The molecule has 4 atom stereocenters. The Morgan fingerprint density at radius 2 is 1.98 bits per heavy atom. The number of rotatable bonds is 10. The van der Waals surface area contributed by atoms with E-state index in [1.165, 1.54) is 6.07 Å². The number of fused-ring (bicyclic) bond motifs is 2. The van der Waals surface area contributed by atoms with Gasteiger partial charge >= 0.3 is 0 Å². The third kappa shape index (κ3) is 5.93. The highest BCUT2D eigenvalue weighted by Crippen LogP contribution is 2.57. The summed E-state index contributed by atoms with van der Waals surface area (Å²) >= 11 is 12.6. The van der Waals surface area contributed by atoms with Crippen molar-refractivity contribution in [3.8, 4) is 0 Å². The smallest absolute Gasteiger partial charge is 0.237 e. The molecule has 2 saturated heterocycles. The second-order valence-electron chi connectivity index (χ2n) is 12.5. The Hall–Kier alpha value is -2.23. The molecule has 2 aromatic carbocycles. The minimum atomic E-state index is -1.26. The molecule has 0 unspecified atom stereocenters. The zero-order valence-corrected chi connectivity index (χ0v) is 26.1. The van der Waals surface area contributed by atoms with Crippen molar-refractivity contribution in [2.24, 2.45) is 5.41 Å². The number of halogens is 3. The maximum absolute atomic E-state index is 15.9. The highest BCUT2D eigenvalue weighted by Gasteiger charge is 2.66. The molecule has 3 aliphatic rings. The van der Waals surface area contributed by atoms with E-state index in [1.807, 2.05) is 6.07 Å². The Kier molecular flexibility index (Phi) is 9.50. The van der Waals surface area contributed by atoms with Crippen molar-refractivity contribution in [3.63, 3.8) is 0 Å². The van der Waals surface area contributed by atoms with E-state index in [2.05, 4.69) is 41.6 Å². The van der Waals surface area contributed by atoms with Gasteiger partial charge in [0.2, 0.25) is 11.8 Å². The first-order valence-corrected chi connectivity index (χ1v) is 15.7. The molecule has 3 N–H and O–H groups in total. The highest BCUT2D eigenvalue weighted by atomic mass is 35.5. The van der Waals surface area contributed by atoms with Crippen LogP contribution in [0.25, 0.3) is 0 Å². The van der Waals surface area contributed by atoms with Gasteiger partial charge in [0.25, 0.3) is 0 Å².